The molecule has 4 rings (SSSR count). The van der Waals surface area contributed by atoms with Gasteiger partial charge in [-0.1, -0.05) is 18.2 Å². The van der Waals surface area contributed by atoms with Crippen LogP contribution in [0.4, 0.5) is 5.95 Å². The number of ether oxygens (including phenoxy) is 2. The highest BCUT2D eigenvalue weighted by atomic mass is 31.3. The summed E-state index contributed by atoms with van der Waals surface area (Å²) in [6.45, 7) is -1.13. The number of fused-ring (bicyclic) bond motifs is 1. The minimum absolute atomic E-state index is 0.0389. The number of nitrogen functional groups attached to an aromatic ring is 1. The van der Waals surface area contributed by atoms with Gasteiger partial charge in [-0.3, -0.25) is 18.9 Å². The lowest BCUT2D eigenvalue weighted by molar-refractivity contribution is -0.0558. The molecule has 1 aliphatic rings. The Balaban J connectivity index is 1.62. The van der Waals surface area contributed by atoms with Crippen LogP contribution in [0.2, 0.25) is 0 Å². The Bertz CT molecular complexity index is 1690. The fraction of sp³-hybridized carbons (Fsp3) is 0.333. The summed E-state index contributed by atoms with van der Waals surface area (Å²) in [6, 6.07) is 6.12. The van der Waals surface area contributed by atoms with Crippen molar-refractivity contribution in [2.24, 2.45) is 5.73 Å². The molecule has 230 valence electrons. The number of aromatic nitrogens is 4. The highest BCUT2D eigenvalue weighted by Crippen LogP contribution is 2.66. The minimum atomic E-state index is -5.82. The van der Waals surface area contributed by atoms with Crippen LogP contribution < -0.4 is 17.0 Å². The molecule has 10 N–H and O–H groups in total. The zero-order chi connectivity index (χ0) is 31.0. The number of esters is 1. The van der Waals surface area contributed by atoms with Crippen molar-refractivity contribution in [1.29, 1.82) is 0 Å². The predicted molar refractivity (Wildman–Crippen MR) is 136 cm³/mol. The van der Waals surface area contributed by atoms with Crippen molar-refractivity contribution in [2.45, 2.75) is 31.1 Å². The number of imidazole rings is 1. The first-order valence-electron chi connectivity index (χ1n) is 11.3. The molecule has 2 unspecified atom stereocenters. The van der Waals surface area contributed by atoms with E-state index in [1.165, 1.54) is 12.1 Å². The summed E-state index contributed by atoms with van der Waals surface area (Å²) in [4.78, 5) is 71.9. The van der Waals surface area contributed by atoms with Gasteiger partial charge in [0.25, 0.3) is 5.56 Å². The van der Waals surface area contributed by atoms with Crippen LogP contribution in [0.15, 0.2) is 35.4 Å². The normalized spacial score (nSPS) is 23.9. The summed E-state index contributed by atoms with van der Waals surface area (Å²) in [7, 11) is -17.1. The summed E-state index contributed by atoms with van der Waals surface area (Å²) in [5.74, 6) is -1.28. The third-order valence-corrected chi connectivity index (χ3v) is 9.36. The highest BCUT2D eigenvalue weighted by Gasteiger charge is 2.50. The number of nitrogens with two attached hydrogens (primary N) is 2. The van der Waals surface area contributed by atoms with Crippen molar-refractivity contribution >= 4 is 46.5 Å². The molecule has 0 amide bonds. The molecule has 0 radical (unpaired) electrons. The molecule has 0 bridgehead atoms. The first-order chi connectivity index (χ1) is 19.5. The van der Waals surface area contributed by atoms with Crippen LogP contribution in [0, 0.1) is 0 Å². The van der Waals surface area contributed by atoms with E-state index in [0.29, 0.717) is 5.56 Å². The van der Waals surface area contributed by atoms with Gasteiger partial charge in [0.1, 0.15) is 12.2 Å². The van der Waals surface area contributed by atoms with E-state index in [2.05, 4.69) is 28.1 Å². The minimum Gasteiger partial charge on any atom is -0.451 e. The van der Waals surface area contributed by atoms with E-state index in [0.717, 1.165) is 10.9 Å². The summed E-state index contributed by atoms with van der Waals surface area (Å²) < 4.78 is 58.8. The average Bonchev–Trinajstić information content (AvgIpc) is 3.41. The maximum Gasteiger partial charge on any atom is 0.490 e. The van der Waals surface area contributed by atoms with Gasteiger partial charge in [0.15, 0.2) is 23.5 Å². The molecular weight excluding hydrogens is 633 g/mol. The molecule has 2 aromatic heterocycles. The third-order valence-electron chi connectivity index (χ3n) is 5.56. The smallest absolute Gasteiger partial charge is 0.451 e. The number of nitrogens with zero attached hydrogens (tertiary/aromatic N) is 3. The van der Waals surface area contributed by atoms with Gasteiger partial charge in [0, 0.05) is 6.54 Å². The number of hydrogen-bond acceptors (Lipinski definition) is 15. The van der Waals surface area contributed by atoms with E-state index in [9.17, 15) is 38.2 Å². The Kier molecular flexibility index (Phi) is 9.17. The van der Waals surface area contributed by atoms with Gasteiger partial charge < -0.3 is 45.6 Å². The summed E-state index contributed by atoms with van der Waals surface area (Å²) >= 11 is 0. The topological polar surface area (TPSA) is 331 Å². The molecule has 3 aromatic rings. The first kappa shape index (κ1) is 32.1. The second-order valence-corrected chi connectivity index (χ2v) is 12.9. The van der Waals surface area contributed by atoms with E-state index < -0.39 is 66.1 Å². The maximum atomic E-state index is 13.1. The summed E-state index contributed by atoms with van der Waals surface area (Å²) in [5.41, 5.74) is 10.6. The molecule has 3 heterocycles. The van der Waals surface area contributed by atoms with Crippen molar-refractivity contribution in [1.82, 2.24) is 19.5 Å². The number of H-pyrrole nitrogens is 1. The summed E-state index contributed by atoms with van der Waals surface area (Å²) in [5, 5.41) is 11.0. The van der Waals surface area contributed by atoms with Gasteiger partial charge in [-0.25, -0.2) is 23.5 Å². The Morgan fingerprint density at radius 1 is 1.12 bits per heavy atom. The number of anilines is 1. The van der Waals surface area contributed by atoms with Gasteiger partial charge in [0.2, 0.25) is 5.95 Å². The van der Waals surface area contributed by atoms with Gasteiger partial charge in [-0.2, -0.15) is 13.6 Å². The molecule has 0 aliphatic carbocycles. The predicted octanol–water partition coefficient (Wildman–Crippen LogP) is -1.01. The molecule has 6 atom stereocenters. The van der Waals surface area contributed by atoms with Gasteiger partial charge >= 0.3 is 29.4 Å². The Labute approximate surface area is 233 Å². The van der Waals surface area contributed by atoms with E-state index in [1.54, 1.807) is 12.1 Å². The monoisotopic (exact) mass is 656 g/mol. The quantitative estimate of drug-likeness (QED) is 0.0904. The number of carbonyl (C=O) groups is 1. The number of carbonyl (C=O) groups excluding carboxylic acids is 1. The SMILES string of the molecule is NCc1ccccc1C(=O)O[C@@H]1[C@H](O)[C@@H](COP(=O)(O)OP(=O)(O)OP(=O)(O)O)O[C@H]1n1cnc2c(=O)[nH]c(N)nc21. The molecule has 1 aromatic carbocycles. The number of hydrogen-bond donors (Lipinski definition) is 8. The molecule has 24 heteroatoms. The number of nitrogens with one attached hydrogen (secondary N) is 1. The third kappa shape index (κ3) is 7.36. The average molecular weight is 656 g/mol. The number of phosphoric ester groups is 1. The lowest BCUT2D eigenvalue weighted by Gasteiger charge is -2.22. The lowest BCUT2D eigenvalue weighted by Crippen LogP contribution is -2.37. The largest absolute Gasteiger partial charge is 0.490 e. The number of benzene rings is 1. The molecule has 1 aliphatic heterocycles. The van der Waals surface area contributed by atoms with E-state index in [4.69, 9.17) is 30.7 Å². The Morgan fingerprint density at radius 2 is 1.81 bits per heavy atom. The fourth-order valence-electron chi connectivity index (χ4n) is 3.89. The van der Waals surface area contributed by atoms with E-state index in [1.807, 2.05) is 0 Å². The van der Waals surface area contributed by atoms with Crippen LogP contribution in [-0.4, -0.2) is 75.1 Å². The molecule has 42 heavy (non-hydrogen) atoms. The van der Waals surface area contributed by atoms with E-state index >= 15 is 0 Å². The lowest BCUT2D eigenvalue weighted by atomic mass is 10.1. The number of phosphoric acid groups is 3. The number of aliphatic hydroxyl groups is 1. The molecule has 0 saturated carbocycles. The molecular formula is C18H23N6O15P3. The fourth-order valence-corrected chi connectivity index (χ4v) is 6.92. The Morgan fingerprint density at radius 3 is 2.48 bits per heavy atom. The Hall–Kier alpha value is -2.87. The maximum absolute atomic E-state index is 13.1. The zero-order valence-electron chi connectivity index (χ0n) is 20.8. The van der Waals surface area contributed by atoms with E-state index in [-0.39, 0.29) is 29.2 Å². The summed E-state index contributed by atoms with van der Waals surface area (Å²) in [6.07, 6.45) is -5.56. The second kappa shape index (κ2) is 12.0. The van der Waals surface area contributed by atoms with Crippen LogP contribution in [0.3, 0.4) is 0 Å². The zero-order valence-corrected chi connectivity index (χ0v) is 23.5. The molecule has 21 nitrogen and oxygen atoms in total. The second-order valence-electron chi connectivity index (χ2n) is 8.45. The first-order valence-corrected chi connectivity index (χ1v) is 15.9. The van der Waals surface area contributed by atoms with Crippen molar-refractivity contribution < 1.29 is 65.8 Å². The van der Waals surface area contributed by atoms with Crippen LogP contribution in [0.5, 0.6) is 0 Å². The van der Waals surface area contributed by atoms with Crippen LogP contribution in [0.1, 0.15) is 22.1 Å². The van der Waals surface area contributed by atoms with Crippen LogP contribution in [-0.2, 0) is 42.9 Å². The van der Waals surface area contributed by atoms with Gasteiger partial charge in [-0.15, -0.1) is 0 Å². The number of aliphatic hydroxyl groups excluding tert-OH is 1. The standard InChI is InChI=1S/C18H23N6O15P3/c19-5-8-3-1-2-4-9(8)17(27)37-13-12(25)10(6-35-41(31,32)39-42(33,34)38-40(28,29)30)36-16(13)24-7-21-11-14(24)22-18(20)23-15(11)26/h1-4,7,10,12-13,16,25H,5-6,19H2,(H,31,32)(H,33,34)(H2,28,29,30)(H3,20,22,23,26)/t10-,12-,13-,16-/m1/s1. The molecule has 1 fully saturated rings. The van der Waals surface area contributed by atoms with Crippen molar-refractivity contribution in [2.75, 3.05) is 12.3 Å². The van der Waals surface area contributed by atoms with Crippen molar-refractivity contribution in [3.8, 4) is 0 Å². The number of rotatable bonds is 11. The highest BCUT2D eigenvalue weighted by molar-refractivity contribution is 7.66. The number of aromatic amines is 1. The molecule has 0 spiro atoms. The van der Waals surface area contributed by atoms with Crippen molar-refractivity contribution in [3.05, 3.63) is 52.1 Å². The van der Waals surface area contributed by atoms with Gasteiger partial charge in [-0.05, 0) is 11.6 Å². The van der Waals surface area contributed by atoms with Crippen molar-refractivity contribution in [3.63, 3.8) is 0 Å². The van der Waals surface area contributed by atoms with Crippen LogP contribution in [0.25, 0.3) is 11.2 Å². The van der Waals surface area contributed by atoms with Gasteiger partial charge in [0.05, 0.1) is 18.5 Å². The van der Waals surface area contributed by atoms with Crippen LogP contribution >= 0.6 is 23.5 Å². The molecule has 1 saturated heterocycles.